The van der Waals surface area contributed by atoms with E-state index in [2.05, 4.69) is 5.10 Å². The molecule has 1 aromatic heterocycles. The molecule has 3 aromatic rings. The molecule has 1 heterocycles. The second-order valence-corrected chi connectivity index (χ2v) is 4.67. The number of benzene rings is 2. The zero-order valence-corrected chi connectivity index (χ0v) is 10.9. The molecule has 0 unspecified atom stereocenters. The summed E-state index contributed by atoms with van der Waals surface area (Å²) in [7, 11) is 0. The Morgan fingerprint density at radius 1 is 1.25 bits per heavy atom. The van der Waals surface area contributed by atoms with Gasteiger partial charge in [0, 0.05) is 5.39 Å². The van der Waals surface area contributed by atoms with Gasteiger partial charge in [0.1, 0.15) is 5.75 Å². The molecule has 1 amide bonds. The Hall–Kier alpha value is -2.82. The molecule has 0 radical (unpaired) electrons. The number of hydrogen-bond acceptors (Lipinski definition) is 3. The van der Waals surface area contributed by atoms with Gasteiger partial charge in [0.25, 0.3) is 5.91 Å². The molecule has 100 valence electrons. The lowest BCUT2D eigenvalue weighted by Gasteiger charge is -2.04. The van der Waals surface area contributed by atoms with Gasteiger partial charge < -0.3 is 10.8 Å². The minimum atomic E-state index is -0.619. The van der Waals surface area contributed by atoms with Crippen molar-refractivity contribution in [3.8, 4) is 11.4 Å². The number of amides is 1. The van der Waals surface area contributed by atoms with Crippen LogP contribution in [0.2, 0.25) is 0 Å². The summed E-state index contributed by atoms with van der Waals surface area (Å²) < 4.78 is 1.65. The number of nitrogens with two attached hydrogens (primary N) is 1. The molecule has 2 aromatic carbocycles. The maximum Gasteiger partial charge on any atom is 0.269 e. The summed E-state index contributed by atoms with van der Waals surface area (Å²) in [6, 6.07) is 12.5. The summed E-state index contributed by atoms with van der Waals surface area (Å²) >= 11 is 0. The lowest BCUT2D eigenvalue weighted by atomic mass is 10.2. The van der Waals surface area contributed by atoms with Crippen molar-refractivity contribution < 1.29 is 9.90 Å². The maximum atomic E-state index is 11.5. The fourth-order valence-electron chi connectivity index (χ4n) is 2.24. The highest BCUT2D eigenvalue weighted by molar-refractivity contribution is 6.04. The van der Waals surface area contributed by atoms with Crippen LogP contribution in [0.15, 0.2) is 42.5 Å². The third kappa shape index (κ3) is 1.89. The van der Waals surface area contributed by atoms with Gasteiger partial charge in [0.2, 0.25) is 0 Å². The Morgan fingerprint density at radius 2 is 2.05 bits per heavy atom. The fourth-order valence-corrected chi connectivity index (χ4v) is 2.24. The number of carbonyl (C=O) groups excluding carboxylic acids is 1. The van der Waals surface area contributed by atoms with Crippen LogP contribution in [0.1, 0.15) is 16.1 Å². The molecule has 0 aliphatic heterocycles. The Labute approximate surface area is 115 Å². The SMILES string of the molecule is Cc1cccc(-n2nc(C(N)=O)c3cc(O)ccc32)c1. The normalized spacial score (nSPS) is 10.8. The van der Waals surface area contributed by atoms with Gasteiger partial charge in [-0.25, -0.2) is 4.68 Å². The van der Waals surface area contributed by atoms with E-state index in [0.29, 0.717) is 5.39 Å². The standard InChI is InChI=1S/C15H13N3O2/c1-9-3-2-4-10(7-9)18-13-6-5-11(19)8-12(13)14(17-18)15(16)20/h2-8,19H,1H3,(H2,16,20). The average Bonchev–Trinajstić information content (AvgIpc) is 2.77. The average molecular weight is 267 g/mol. The van der Waals surface area contributed by atoms with E-state index in [1.54, 1.807) is 16.8 Å². The lowest BCUT2D eigenvalue weighted by Crippen LogP contribution is -2.12. The number of phenols is 1. The van der Waals surface area contributed by atoms with Gasteiger partial charge in [-0.1, -0.05) is 12.1 Å². The number of nitrogens with zero attached hydrogens (tertiary/aromatic N) is 2. The molecule has 0 saturated heterocycles. The number of aryl methyl sites for hydroxylation is 1. The third-order valence-corrected chi connectivity index (χ3v) is 3.14. The summed E-state index contributed by atoms with van der Waals surface area (Å²) in [4.78, 5) is 11.5. The Kier molecular flexibility index (Phi) is 2.68. The maximum absolute atomic E-state index is 11.5. The molecule has 0 fully saturated rings. The smallest absolute Gasteiger partial charge is 0.269 e. The largest absolute Gasteiger partial charge is 0.508 e. The van der Waals surface area contributed by atoms with Crippen molar-refractivity contribution in [3.63, 3.8) is 0 Å². The molecule has 3 N–H and O–H groups in total. The first-order valence-electron chi connectivity index (χ1n) is 6.15. The Morgan fingerprint density at radius 3 is 2.75 bits per heavy atom. The number of aromatic hydroxyl groups is 1. The van der Waals surface area contributed by atoms with Crippen molar-refractivity contribution in [2.24, 2.45) is 5.73 Å². The zero-order valence-electron chi connectivity index (χ0n) is 10.9. The number of carbonyl (C=O) groups is 1. The highest BCUT2D eigenvalue weighted by Gasteiger charge is 2.16. The van der Waals surface area contributed by atoms with Crippen LogP contribution in [0.4, 0.5) is 0 Å². The number of phenolic OH excluding ortho intramolecular Hbond substituents is 1. The number of fused-ring (bicyclic) bond motifs is 1. The molecule has 20 heavy (non-hydrogen) atoms. The van der Waals surface area contributed by atoms with Gasteiger partial charge >= 0.3 is 0 Å². The quantitative estimate of drug-likeness (QED) is 0.746. The van der Waals surface area contributed by atoms with Crippen molar-refractivity contribution >= 4 is 16.8 Å². The molecule has 5 nitrogen and oxygen atoms in total. The first kappa shape index (κ1) is 12.2. The number of rotatable bonds is 2. The van der Waals surface area contributed by atoms with Crippen molar-refractivity contribution in [2.45, 2.75) is 6.92 Å². The predicted octanol–water partition coefficient (Wildman–Crippen LogP) is 2.14. The van der Waals surface area contributed by atoms with E-state index in [1.165, 1.54) is 6.07 Å². The van der Waals surface area contributed by atoms with Crippen LogP contribution < -0.4 is 5.73 Å². The van der Waals surface area contributed by atoms with E-state index in [4.69, 9.17) is 5.73 Å². The van der Waals surface area contributed by atoms with E-state index >= 15 is 0 Å². The van der Waals surface area contributed by atoms with E-state index < -0.39 is 5.91 Å². The monoisotopic (exact) mass is 267 g/mol. The summed E-state index contributed by atoms with van der Waals surface area (Å²) in [5, 5.41) is 14.4. The molecule has 0 atom stereocenters. The molecule has 0 aliphatic rings. The van der Waals surface area contributed by atoms with E-state index in [1.807, 2.05) is 31.2 Å². The Bertz CT molecular complexity index is 821. The highest BCUT2D eigenvalue weighted by Crippen LogP contribution is 2.25. The van der Waals surface area contributed by atoms with Crippen LogP contribution >= 0.6 is 0 Å². The predicted molar refractivity (Wildman–Crippen MR) is 76.0 cm³/mol. The minimum Gasteiger partial charge on any atom is -0.508 e. The number of hydrogen-bond donors (Lipinski definition) is 2. The number of aromatic nitrogens is 2. The molecular formula is C15H13N3O2. The van der Waals surface area contributed by atoms with Gasteiger partial charge in [-0.3, -0.25) is 4.79 Å². The molecule has 0 bridgehead atoms. The second-order valence-electron chi connectivity index (χ2n) is 4.67. The summed E-state index contributed by atoms with van der Waals surface area (Å²) in [6.45, 7) is 1.98. The molecule has 3 rings (SSSR count). The van der Waals surface area contributed by atoms with Gasteiger partial charge in [-0.05, 0) is 42.8 Å². The molecule has 0 aliphatic carbocycles. The van der Waals surface area contributed by atoms with Crippen molar-refractivity contribution in [1.29, 1.82) is 0 Å². The van der Waals surface area contributed by atoms with Crippen LogP contribution in [0.3, 0.4) is 0 Å². The van der Waals surface area contributed by atoms with Crippen LogP contribution in [-0.4, -0.2) is 20.8 Å². The van der Waals surface area contributed by atoms with Crippen molar-refractivity contribution in [1.82, 2.24) is 9.78 Å². The first-order chi connectivity index (χ1) is 9.56. The summed E-state index contributed by atoms with van der Waals surface area (Å²) in [5.41, 5.74) is 8.16. The fraction of sp³-hybridized carbons (Fsp3) is 0.0667. The number of primary amides is 1. The molecule has 0 spiro atoms. The summed E-state index contributed by atoms with van der Waals surface area (Å²) in [6.07, 6.45) is 0. The lowest BCUT2D eigenvalue weighted by molar-refractivity contribution is 0.0996. The van der Waals surface area contributed by atoms with E-state index in [0.717, 1.165) is 16.8 Å². The third-order valence-electron chi connectivity index (χ3n) is 3.14. The Balaban J connectivity index is 2.34. The van der Waals surface area contributed by atoms with Gasteiger partial charge in [0.05, 0.1) is 11.2 Å². The van der Waals surface area contributed by atoms with Crippen LogP contribution in [0.25, 0.3) is 16.6 Å². The highest BCUT2D eigenvalue weighted by atomic mass is 16.3. The van der Waals surface area contributed by atoms with Crippen LogP contribution in [0.5, 0.6) is 5.75 Å². The zero-order chi connectivity index (χ0) is 14.3. The molecule has 0 saturated carbocycles. The van der Waals surface area contributed by atoms with Gasteiger partial charge in [-0.15, -0.1) is 0 Å². The molecule has 5 heteroatoms. The van der Waals surface area contributed by atoms with Crippen LogP contribution in [0, 0.1) is 6.92 Å². The van der Waals surface area contributed by atoms with E-state index in [-0.39, 0.29) is 11.4 Å². The van der Waals surface area contributed by atoms with Gasteiger partial charge in [-0.2, -0.15) is 5.10 Å². The van der Waals surface area contributed by atoms with Crippen LogP contribution in [-0.2, 0) is 0 Å². The molecular weight excluding hydrogens is 254 g/mol. The second kappa shape index (κ2) is 4.38. The first-order valence-corrected chi connectivity index (χ1v) is 6.15. The summed E-state index contributed by atoms with van der Waals surface area (Å²) in [5.74, 6) is -0.546. The van der Waals surface area contributed by atoms with E-state index in [9.17, 15) is 9.90 Å². The van der Waals surface area contributed by atoms with Gasteiger partial charge in [0.15, 0.2) is 5.69 Å². The van der Waals surface area contributed by atoms with Crippen molar-refractivity contribution in [2.75, 3.05) is 0 Å². The topological polar surface area (TPSA) is 81.1 Å². The van der Waals surface area contributed by atoms with Crippen molar-refractivity contribution in [3.05, 3.63) is 53.7 Å². The minimum absolute atomic E-state index is 0.0730.